The molecular weight excluding hydrogens is 322 g/mol. The molecule has 4 rings (SSSR count). The van der Waals surface area contributed by atoms with Gasteiger partial charge in [-0.3, -0.25) is 4.79 Å². The number of carbonyl (C=O) groups is 1. The third-order valence-corrected chi connectivity index (χ3v) is 4.85. The van der Waals surface area contributed by atoms with Gasteiger partial charge in [-0.05, 0) is 60.9 Å². The van der Waals surface area contributed by atoms with E-state index >= 15 is 0 Å². The zero-order valence-electron chi connectivity index (χ0n) is 12.8. The summed E-state index contributed by atoms with van der Waals surface area (Å²) in [7, 11) is 0. The molecular formula is C19H14ClN3O. The van der Waals surface area contributed by atoms with E-state index in [4.69, 9.17) is 16.9 Å². The van der Waals surface area contributed by atoms with Crippen LogP contribution in [-0.4, -0.2) is 10.9 Å². The van der Waals surface area contributed by atoms with Crippen LogP contribution >= 0.6 is 11.6 Å². The highest BCUT2D eigenvalue weighted by molar-refractivity contribution is 6.31. The number of fused-ring (bicyclic) bond motifs is 1. The summed E-state index contributed by atoms with van der Waals surface area (Å²) in [5, 5.41) is 13.5. The van der Waals surface area contributed by atoms with E-state index in [0.717, 1.165) is 29.3 Å². The molecule has 1 heterocycles. The standard InChI is InChI=1S/C19H14ClN3O/c20-13-3-6-17-15(9-13)16(11-22-17)19(7-8-19)18(24)23-14-4-1-12(10-21)2-5-14/h1-6,9,11,22H,7-8H2,(H,23,24). The Morgan fingerprint density at radius 2 is 1.96 bits per heavy atom. The van der Waals surface area contributed by atoms with Crippen LogP contribution < -0.4 is 5.32 Å². The Labute approximate surface area is 144 Å². The summed E-state index contributed by atoms with van der Waals surface area (Å²) in [6.45, 7) is 0. The topological polar surface area (TPSA) is 68.7 Å². The Kier molecular flexibility index (Phi) is 3.33. The number of halogens is 1. The van der Waals surface area contributed by atoms with Gasteiger partial charge in [0.1, 0.15) is 0 Å². The lowest BCUT2D eigenvalue weighted by Crippen LogP contribution is -2.27. The van der Waals surface area contributed by atoms with E-state index in [9.17, 15) is 4.79 Å². The van der Waals surface area contributed by atoms with Crippen LogP contribution in [0.2, 0.25) is 5.02 Å². The summed E-state index contributed by atoms with van der Waals surface area (Å²) >= 11 is 6.12. The second-order valence-corrected chi connectivity index (χ2v) is 6.55. The number of nitrogens with zero attached hydrogens (tertiary/aromatic N) is 1. The Bertz CT molecular complexity index is 978. The van der Waals surface area contributed by atoms with Gasteiger partial charge < -0.3 is 10.3 Å². The maximum absolute atomic E-state index is 12.9. The summed E-state index contributed by atoms with van der Waals surface area (Å²) < 4.78 is 0. The maximum Gasteiger partial charge on any atom is 0.235 e. The zero-order chi connectivity index (χ0) is 16.7. The van der Waals surface area contributed by atoms with E-state index in [1.54, 1.807) is 24.3 Å². The molecule has 2 aromatic carbocycles. The Hall–Kier alpha value is -2.77. The first-order chi connectivity index (χ1) is 11.6. The average molecular weight is 336 g/mol. The lowest BCUT2D eigenvalue weighted by molar-refractivity contribution is -0.118. The largest absolute Gasteiger partial charge is 0.361 e. The van der Waals surface area contributed by atoms with Gasteiger partial charge in [0.25, 0.3) is 0 Å². The Balaban J connectivity index is 1.65. The lowest BCUT2D eigenvalue weighted by Gasteiger charge is -2.15. The Morgan fingerprint density at radius 3 is 2.62 bits per heavy atom. The SMILES string of the molecule is N#Cc1ccc(NC(=O)C2(c3c[nH]c4ccc(Cl)cc34)CC2)cc1. The Morgan fingerprint density at radius 1 is 1.21 bits per heavy atom. The number of aromatic nitrogens is 1. The highest BCUT2D eigenvalue weighted by Crippen LogP contribution is 2.51. The molecule has 24 heavy (non-hydrogen) atoms. The van der Waals surface area contributed by atoms with Crippen molar-refractivity contribution in [1.82, 2.24) is 4.98 Å². The van der Waals surface area contributed by atoms with Crippen LogP contribution in [0.5, 0.6) is 0 Å². The van der Waals surface area contributed by atoms with Crippen molar-refractivity contribution in [1.29, 1.82) is 5.26 Å². The number of H-pyrrole nitrogens is 1. The summed E-state index contributed by atoms with van der Waals surface area (Å²) in [5.74, 6) is -0.0203. The minimum absolute atomic E-state index is 0.0203. The van der Waals surface area contributed by atoms with Crippen LogP contribution in [0.3, 0.4) is 0 Å². The molecule has 1 fully saturated rings. The molecule has 1 aliphatic carbocycles. The highest BCUT2D eigenvalue weighted by atomic mass is 35.5. The molecule has 0 unspecified atom stereocenters. The number of nitrogens with one attached hydrogen (secondary N) is 2. The second kappa shape index (κ2) is 5.40. The van der Waals surface area contributed by atoms with Crippen molar-refractivity contribution in [2.45, 2.75) is 18.3 Å². The van der Waals surface area contributed by atoms with E-state index in [-0.39, 0.29) is 5.91 Å². The fraction of sp³-hybridized carbons (Fsp3) is 0.158. The van der Waals surface area contributed by atoms with Gasteiger partial charge in [-0.2, -0.15) is 5.26 Å². The number of carbonyl (C=O) groups excluding carboxylic acids is 1. The van der Waals surface area contributed by atoms with E-state index in [1.165, 1.54) is 0 Å². The summed E-state index contributed by atoms with van der Waals surface area (Å²) in [6, 6.07) is 14.6. The van der Waals surface area contributed by atoms with Gasteiger partial charge in [0, 0.05) is 27.8 Å². The zero-order valence-corrected chi connectivity index (χ0v) is 13.5. The molecule has 1 aromatic heterocycles. The first kappa shape index (κ1) is 14.8. The van der Waals surface area contributed by atoms with Crippen molar-refractivity contribution in [2.24, 2.45) is 0 Å². The molecule has 0 spiro atoms. The van der Waals surface area contributed by atoms with Crippen LogP contribution in [0.4, 0.5) is 5.69 Å². The number of amides is 1. The van der Waals surface area contributed by atoms with Crippen LogP contribution in [0.1, 0.15) is 24.0 Å². The van der Waals surface area contributed by atoms with Gasteiger partial charge in [0.15, 0.2) is 0 Å². The van der Waals surface area contributed by atoms with Crippen molar-refractivity contribution in [3.63, 3.8) is 0 Å². The molecule has 3 aromatic rings. The van der Waals surface area contributed by atoms with Gasteiger partial charge in [0.05, 0.1) is 17.0 Å². The number of aromatic amines is 1. The molecule has 0 aliphatic heterocycles. The number of anilines is 1. The molecule has 5 heteroatoms. The van der Waals surface area contributed by atoms with Crippen molar-refractivity contribution in [2.75, 3.05) is 5.32 Å². The molecule has 118 valence electrons. The van der Waals surface area contributed by atoms with E-state index in [1.807, 2.05) is 24.4 Å². The summed E-state index contributed by atoms with van der Waals surface area (Å²) in [6.07, 6.45) is 3.54. The van der Waals surface area contributed by atoms with Crippen LogP contribution in [-0.2, 0) is 10.2 Å². The van der Waals surface area contributed by atoms with Gasteiger partial charge in [-0.25, -0.2) is 0 Å². The van der Waals surface area contributed by atoms with E-state index < -0.39 is 5.41 Å². The average Bonchev–Trinajstić information content (AvgIpc) is 3.30. The van der Waals surface area contributed by atoms with Crippen molar-refractivity contribution in [3.8, 4) is 6.07 Å². The quantitative estimate of drug-likeness (QED) is 0.746. The highest BCUT2D eigenvalue weighted by Gasteiger charge is 2.52. The molecule has 0 atom stereocenters. The number of benzene rings is 2. The van der Waals surface area contributed by atoms with Crippen LogP contribution in [0.15, 0.2) is 48.7 Å². The molecule has 1 aliphatic rings. The predicted octanol–water partition coefficient (Wildman–Crippen LogP) is 4.36. The summed E-state index contributed by atoms with van der Waals surface area (Å²) in [5.41, 5.74) is 2.73. The monoisotopic (exact) mass is 335 g/mol. The van der Waals surface area contributed by atoms with Gasteiger partial charge in [-0.1, -0.05) is 11.6 Å². The molecule has 0 bridgehead atoms. The number of nitriles is 1. The smallest absolute Gasteiger partial charge is 0.235 e. The first-order valence-electron chi connectivity index (χ1n) is 7.71. The van der Waals surface area contributed by atoms with Crippen molar-refractivity contribution >= 4 is 34.1 Å². The lowest BCUT2D eigenvalue weighted by atomic mass is 9.94. The van der Waals surface area contributed by atoms with E-state index in [2.05, 4.69) is 16.4 Å². The molecule has 0 radical (unpaired) electrons. The first-order valence-corrected chi connectivity index (χ1v) is 8.09. The maximum atomic E-state index is 12.9. The van der Waals surface area contributed by atoms with Gasteiger partial charge >= 0.3 is 0 Å². The number of hydrogen-bond acceptors (Lipinski definition) is 2. The number of rotatable bonds is 3. The molecule has 2 N–H and O–H groups in total. The minimum Gasteiger partial charge on any atom is -0.361 e. The fourth-order valence-electron chi connectivity index (χ4n) is 3.11. The third-order valence-electron chi connectivity index (χ3n) is 4.62. The van der Waals surface area contributed by atoms with Gasteiger partial charge in [-0.15, -0.1) is 0 Å². The van der Waals surface area contributed by atoms with Crippen LogP contribution in [0, 0.1) is 11.3 Å². The molecule has 1 amide bonds. The molecule has 4 nitrogen and oxygen atoms in total. The summed E-state index contributed by atoms with van der Waals surface area (Å²) in [4.78, 5) is 16.1. The number of hydrogen-bond donors (Lipinski definition) is 2. The normalized spacial score (nSPS) is 15.0. The van der Waals surface area contributed by atoms with Gasteiger partial charge in [0.2, 0.25) is 5.91 Å². The van der Waals surface area contributed by atoms with Crippen molar-refractivity contribution < 1.29 is 4.79 Å². The molecule has 1 saturated carbocycles. The predicted molar refractivity (Wildman–Crippen MR) is 94.0 cm³/mol. The van der Waals surface area contributed by atoms with Crippen molar-refractivity contribution in [3.05, 3.63) is 64.8 Å². The van der Waals surface area contributed by atoms with E-state index in [0.29, 0.717) is 16.3 Å². The fourth-order valence-corrected chi connectivity index (χ4v) is 3.28. The molecule has 0 saturated heterocycles. The minimum atomic E-state index is -0.503. The third kappa shape index (κ3) is 2.34. The second-order valence-electron chi connectivity index (χ2n) is 6.12. The van der Waals surface area contributed by atoms with Crippen LogP contribution in [0.25, 0.3) is 10.9 Å².